The summed E-state index contributed by atoms with van der Waals surface area (Å²) in [6, 6.07) is 13.1. The van der Waals surface area contributed by atoms with E-state index in [1.165, 1.54) is 0 Å². The van der Waals surface area contributed by atoms with E-state index in [9.17, 15) is 4.79 Å². The van der Waals surface area contributed by atoms with Crippen LogP contribution in [-0.4, -0.2) is 32.3 Å². The van der Waals surface area contributed by atoms with Gasteiger partial charge in [-0.1, -0.05) is 24.1 Å². The van der Waals surface area contributed by atoms with Crippen LogP contribution in [0.5, 0.6) is 0 Å². The Kier molecular flexibility index (Phi) is 6.35. The Hall–Kier alpha value is -2.83. The predicted molar refractivity (Wildman–Crippen MR) is 117 cm³/mol. The largest absolute Gasteiger partial charge is 0.322 e. The number of carbonyl (C=O) groups excluding carboxylic acids is 1. The van der Waals surface area contributed by atoms with Gasteiger partial charge >= 0.3 is 0 Å². The van der Waals surface area contributed by atoms with Crippen LogP contribution in [0.15, 0.2) is 54.9 Å². The fourth-order valence-corrected chi connectivity index (χ4v) is 3.90. The number of hydrogen-bond acceptors (Lipinski definition) is 5. The van der Waals surface area contributed by atoms with Crippen LogP contribution in [0.1, 0.15) is 52.9 Å². The molecule has 7 heteroatoms. The van der Waals surface area contributed by atoms with Crippen LogP contribution in [0.3, 0.4) is 0 Å². The van der Waals surface area contributed by atoms with Crippen LogP contribution in [0, 0.1) is 6.92 Å². The molecule has 6 nitrogen and oxygen atoms in total. The average Bonchev–Trinajstić information content (AvgIpc) is 2.76. The second kappa shape index (κ2) is 9.32. The molecule has 0 radical (unpaired) electrons. The maximum atomic E-state index is 12.7. The summed E-state index contributed by atoms with van der Waals surface area (Å²) < 4.78 is 0. The molecule has 2 aromatic heterocycles. The van der Waals surface area contributed by atoms with Gasteiger partial charge in [0.15, 0.2) is 0 Å². The van der Waals surface area contributed by atoms with Crippen LogP contribution in [0.2, 0.25) is 5.02 Å². The van der Waals surface area contributed by atoms with Crippen molar-refractivity contribution >= 4 is 23.2 Å². The first-order valence-electron chi connectivity index (χ1n) is 10.1. The molecule has 3 heterocycles. The third-order valence-corrected chi connectivity index (χ3v) is 5.60. The molecule has 0 saturated carbocycles. The van der Waals surface area contributed by atoms with Crippen molar-refractivity contribution in [1.82, 2.24) is 19.9 Å². The van der Waals surface area contributed by atoms with Crippen molar-refractivity contribution in [2.75, 3.05) is 11.9 Å². The molecule has 1 aliphatic rings. The van der Waals surface area contributed by atoms with E-state index < -0.39 is 0 Å². The van der Waals surface area contributed by atoms with E-state index >= 15 is 0 Å². The first-order valence-corrected chi connectivity index (χ1v) is 10.5. The van der Waals surface area contributed by atoms with E-state index in [0.717, 1.165) is 43.9 Å². The second-order valence-electron chi connectivity index (χ2n) is 7.49. The molecule has 154 valence electrons. The minimum absolute atomic E-state index is 0.132. The molecule has 1 fully saturated rings. The number of benzene rings is 1. The summed E-state index contributed by atoms with van der Waals surface area (Å²) >= 11 is 5.90. The number of aromatic nitrogens is 3. The van der Waals surface area contributed by atoms with E-state index in [-0.39, 0.29) is 11.9 Å². The first kappa shape index (κ1) is 20.4. The van der Waals surface area contributed by atoms with Crippen molar-refractivity contribution in [3.63, 3.8) is 0 Å². The molecule has 0 unspecified atom stereocenters. The van der Waals surface area contributed by atoms with Crippen LogP contribution < -0.4 is 5.32 Å². The van der Waals surface area contributed by atoms with Gasteiger partial charge in [-0.2, -0.15) is 0 Å². The lowest BCUT2D eigenvalue weighted by atomic mass is 10.0. The Morgan fingerprint density at radius 3 is 2.73 bits per heavy atom. The number of anilines is 1. The van der Waals surface area contributed by atoms with Gasteiger partial charge in [0.25, 0.3) is 5.91 Å². The zero-order valence-corrected chi connectivity index (χ0v) is 17.6. The summed E-state index contributed by atoms with van der Waals surface area (Å²) in [4.78, 5) is 28.8. The van der Waals surface area contributed by atoms with Gasteiger partial charge in [-0.15, -0.1) is 0 Å². The minimum Gasteiger partial charge on any atom is -0.322 e. The van der Waals surface area contributed by atoms with Crippen molar-refractivity contribution in [3.8, 4) is 0 Å². The van der Waals surface area contributed by atoms with Crippen LogP contribution in [0.4, 0.5) is 5.69 Å². The molecule has 1 aliphatic heterocycles. The van der Waals surface area contributed by atoms with Gasteiger partial charge in [-0.3, -0.25) is 14.7 Å². The van der Waals surface area contributed by atoms with Gasteiger partial charge in [0.1, 0.15) is 5.82 Å². The van der Waals surface area contributed by atoms with Crippen molar-refractivity contribution in [2.24, 2.45) is 0 Å². The zero-order valence-electron chi connectivity index (χ0n) is 16.9. The topological polar surface area (TPSA) is 71.0 Å². The van der Waals surface area contributed by atoms with Crippen molar-refractivity contribution in [3.05, 3.63) is 82.7 Å². The summed E-state index contributed by atoms with van der Waals surface area (Å²) in [6.07, 6.45) is 6.76. The second-order valence-corrected chi connectivity index (χ2v) is 7.93. The number of piperidine rings is 1. The lowest BCUT2D eigenvalue weighted by molar-refractivity contribution is 0.102. The van der Waals surface area contributed by atoms with Crippen LogP contribution in [0.25, 0.3) is 0 Å². The van der Waals surface area contributed by atoms with Crippen molar-refractivity contribution in [2.45, 2.75) is 38.8 Å². The molecule has 30 heavy (non-hydrogen) atoms. The lowest BCUT2D eigenvalue weighted by Crippen LogP contribution is -2.34. The number of likely N-dealkylation sites (tertiary alicyclic amines) is 1. The van der Waals surface area contributed by atoms with Crippen LogP contribution >= 0.6 is 11.6 Å². The van der Waals surface area contributed by atoms with Crippen molar-refractivity contribution in [1.29, 1.82) is 0 Å². The fraction of sp³-hybridized carbons (Fsp3) is 0.304. The van der Waals surface area contributed by atoms with Crippen LogP contribution in [-0.2, 0) is 6.54 Å². The normalized spacial score (nSPS) is 16.9. The quantitative estimate of drug-likeness (QED) is 0.639. The van der Waals surface area contributed by atoms with Gasteiger partial charge in [-0.05, 0) is 62.7 Å². The molecule has 4 rings (SSSR count). The van der Waals surface area contributed by atoms with E-state index in [1.54, 1.807) is 30.5 Å². The molecular weight excluding hydrogens is 398 g/mol. The molecule has 0 aliphatic carbocycles. The van der Waals surface area contributed by atoms with E-state index in [4.69, 9.17) is 16.6 Å². The monoisotopic (exact) mass is 421 g/mol. The number of hydrogen-bond donors (Lipinski definition) is 1. The summed E-state index contributed by atoms with van der Waals surface area (Å²) in [5.74, 6) is 0.543. The van der Waals surface area contributed by atoms with Gasteiger partial charge in [-0.25, -0.2) is 9.97 Å². The Labute approximate surface area is 181 Å². The Morgan fingerprint density at radius 1 is 1.17 bits per heavy atom. The fourth-order valence-electron chi connectivity index (χ4n) is 3.77. The molecular formula is C23H24ClN5O. The average molecular weight is 422 g/mol. The molecule has 0 bridgehead atoms. The van der Waals surface area contributed by atoms with Crippen molar-refractivity contribution < 1.29 is 4.79 Å². The number of halogens is 1. The maximum absolute atomic E-state index is 12.7. The van der Waals surface area contributed by atoms with Gasteiger partial charge in [0.05, 0.1) is 23.0 Å². The molecule has 1 atom stereocenters. The molecule has 1 N–H and O–H groups in total. The Morgan fingerprint density at radius 2 is 2.00 bits per heavy atom. The minimum atomic E-state index is -0.227. The molecule has 0 spiro atoms. The third-order valence-electron chi connectivity index (χ3n) is 5.35. The lowest BCUT2D eigenvalue weighted by Gasteiger charge is -2.34. The molecule has 1 aromatic carbocycles. The number of aryl methyl sites for hydroxylation is 1. The van der Waals surface area contributed by atoms with E-state index in [1.807, 2.05) is 31.3 Å². The highest BCUT2D eigenvalue weighted by Crippen LogP contribution is 2.30. The maximum Gasteiger partial charge on any atom is 0.259 e. The van der Waals surface area contributed by atoms with Gasteiger partial charge < -0.3 is 5.32 Å². The standard InChI is InChI=1S/C23H24ClN5O/c1-16-20(23(30)28-18-10-8-17(24)9-11-18)14-26-22(27-16)21-7-3-5-13-29(21)15-19-6-2-4-12-25-19/h2,4,6,8-12,14,21H,3,5,7,13,15H2,1H3,(H,28,30)/t21-/m1/s1. The number of carbonyl (C=O) groups is 1. The third kappa shape index (κ3) is 4.83. The number of nitrogens with one attached hydrogen (secondary N) is 1. The highest BCUT2D eigenvalue weighted by Gasteiger charge is 2.27. The zero-order chi connectivity index (χ0) is 20.9. The van der Waals surface area contributed by atoms with E-state index in [2.05, 4.69) is 20.2 Å². The molecule has 1 saturated heterocycles. The number of amides is 1. The highest BCUT2D eigenvalue weighted by atomic mass is 35.5. The summed E-state index contributed by atoms with van der Waals surface area (Å²) in [5.41, 5.74) is 2.87. The summed E-state index contributed by atoms with van der Waals surface area (Å²) in [5, 5.41) is 3.50. The Balaban J connectivity index is 1.50. The molecule has 1 amide bonds. The summed E-state index contributed by atoms with van der Waals surface area (Å²) in [7, 11) is 0. The number of rotatable bonds is 5. The van der Waals surface area contributed by atoms with E-state index in [0.29, 0.717) is 22.0 Å². The first-order chi connectivity index (χ1) is 14.6. The summed E-state index contributed by atoms with van der Waals surface area (Å²) in [6.45, 7) is 3.61. The number of nitrogens with zero attached hydrogens (tertiary/aromatic N) is 4. The SMILES string of the molecule is Cc1nc([C@H]2CCCCN2Cc2ccccn2)ncc1C(=O)Nc1ccc(Cl)cc1. The number of pyridine rings is 1. The Bertz CT molecular complexity index is 1010. The highest BCUT2D eigenvalue weighted by molar-refractivity contribution is 6.30. The van der Waals surface area contributed by atoms with Gasteiger partial charge in [0, 0.05) is 29.6 Å². The van der Waals surface area contributed by atoms with Gasteiger partial charge in [0.2, 0.25) is 0 Å². The predicted octanol–water partition coefficient (Wildman–Crippen LogP) is 4.81. The molecule has 3 aromatic rings. The smallest absolute Gasteiger partial charge is 0.259 e.